The maximum Gasteiger partial charge on any atom is 0.339 e. The van der Waals surface area contributed by atoms with Gasteiger partial charge < -0.3 is 10.1 Å². The standard InChI is InChI=1S/C17H17NO3S/c1-21-17(20)12-7-3-4-8-13(12)18-16(19)15-10-11-6-2-5-9-14(11)22-15/h3-4,7-8,10H,2,5-6,9H2,1H3,(H,18,19). The minimum absolute atomic E-state index is 0.171. The van der Waals surface area contributed by atoms with Crippen molar-refractivity contribution in [3.05, 3.63) is 51.2 Å². The first-order valence-corrected chi connectivity index (χ1v) is 8.11. The fourth-order valence-electron chi connectivity index (χ4n) is 2.67. The topological polar surface area (TPSA) is 55.4 Å². The molecule has 0 saturated carbocycles. The van der Waals surface area contributed by atoms with Crippen LogP contribution < -0.4 is 5.32 Å². The fraction of sp³-hybridized carbons (Fsp3) is 0.294. The summed E-state index contributed by atoms with van der Waals surface area (Å²) in [7, 11) is 1.33. The number of benzene rings is 1. The molecule has 1 aliphatic carbocycles. The number of carbonyl (C=O) groups is 2. The van der Waals surface area contributed by atoms with Crippen LogP contribution in [0.4, 0.5) is 5.69 Å². The number of methoxy groups -OCH3 is 1. The van der Waals surface area contributed by atoms with Crippen LogP contribution in [0.3, 0.4) is 0 Å². The summed E-state index contributed by atoms with van der Waals surface area (Å²) in [5, 5.41) is 2.82. The van der Waals surface area contributed by atoms with Crippen molar-refractivity contribution in [2.45, 2.75) is 25.7 Å². The number of carbonyl (C=O) groups excluding carboxylic acids is 2. The number of hydrogen-bond donors (Lipinski definition) is 1. The van der Waals surface area contributed by atoms with Gasteiger partial charge in [0.1, 0.15) is 0 Å². The third-order valence-corrected chi connectivity index (χ3v) is 5.04. The lowest BCUT2D eigenvalue weighted by atomic mass is 9.99. The second-order valence-electron chi connectivity index (χ2n) is 5.26. The Morgan fingerprint density at radius 2 is 1.95 bits per heavy atom. The van der Waals surface area contributed by atoms with Crippen molar-refractivity contribution in [3.8, 4) is 0 Å². The molecule has 1 aliphatic rings. The average Bonchev–Trinajstić information content (AvgIpc) is 2.99. The average molecular weight is 315 g/mol. The first kappa shape index (κ1) is 14.8. The third-order valence-electron chi connectivity index (χ3n) is 3.80. The normalized spacial score (nSPS) is 13.3. The monoisotopic (exact) mass is 315 g/mol. The molecule has 1 heterocycles. The maximum absolute atomic E-state index is 12.4. The molecule has 1 N–H and O–H groups in total. The second-order valence-corrected chi connectivity index (χ2v) is 6.39. The van der Waals surface area contributed by atoms with Crippen LogP contribution in [0.5, 0.6) is 0 Å². The fourth-order valence-corrected chi connectivity index (χ4v) is 3.82. The van der Waals surface area contributed by atoms with Crippen LogP contribution >= 0.6 is 11.3 Å². The summed E-state index contributed by atoms with van der Waals surface area (Å²) in [6.07, 6.45) is 4.50. The lowest BCUT2D eigenvalue weighted by molar-refractivity contribution is 0.0602. The molecule has 0 fully saturated rings. The molecule has 1 aromatic heterocycles. The first-order chi connectivity index (χ1) is 10.7. The summed E-state index contributed by atoms with van der Waals surface area (Å²) in [5.41, 5.74) is 2.13. The van der Waals surface area contributed by atoms with Gasteiger partial charge in [0.2, 0.25) is 0 Å². The summed E-state index contributed by atoms with van der Waals surface area (Å²) in [4.78, 5) is 26.2. The van der Waals surface area contributed by atoms with Crippen molar-refractivity contribution in [3.63, 3.8) is 0 Å². The van der Waals surface area contributed by atoms with Gasteiger partial charge in [0, 0.05) is 4.88 Å². The predicted molar refractivity (Wildman–Crippen MR) is 86.7 cm³/mol. The molecule has 0 aliphatic heterocycles. The van der Waals surface area contributed by atoms with Crippen molar-refractivity contribution in [1.29, 1.82) is 0 Å². The molecule has 0 unspecified atom stereocenters. The molecule has 0 spiro atoms. The summed E-state index contributed by atoms with van der Waals surface area (Å²) < 4.78 is 4.74. The Kier molecular flexibility index (Phi) is 4.24. The van der Waals surface area contributed by atoms with Crippen molar-refractivity contribution in [2.75, 3.05) is 12.4 Å². The summed E-state index contributed by atoms with van der Waals surface area (Å²) in [6, 6.07) is 8.85. The molecule has 22 heavy (non-hydrogen) atoms. The summed E-state index contributed by atoms with van der Waals surface area (Å²) >= 11 is 1.55. The number of fused-ring (bicyclic) bond motifs is 1. The Hall–Kier alpha value is -2.14. The molecule has 0 bridgehead atoms. The van der Waals surface area contributed by atoms with Gasteiger partial charge in [0.15, 0.2) is 0 Å². The molecule has 5 heteroatoms. The number of ether oxygens (including phenoxy) is 1. The second kappa shape index (κ2) is 6.32. The van der Waals surface area contributed by atoms with E-state index in [0.717, 1.165) is 12.8 Å². The van der Waals surface area contributed by atoms with Crippen LogP contribution in [-0.2, 0) is 17.6 Å². The summed E-state index contributed by atoms with van der Waals surface area (Å²) in [6.45, 7) is 0. The summed E-state index contributed by atoms with van der Waals surface area (Å²) in [5.74, 6) is -0.628. The molecule has 2 aromatic rings. The highest BCUT2D eigenvalue weighted by molar-refractivity contribution is 7.14. The highest BCUT2D eigenvalue weighted by Crippen LogP contribution is 2.30. The molecule has 1 aromatic carbocycles. The van der Waals surface area contributed by atoms with E-state index >= 15 is 0 Å². The lowest BCUT2D eigenvalue weighted by Gasteiger charge is -2.08. The maximum atomic E-state index is 12.4. The highest BCUT2D eigenvalue weighted by Gasteiger charge is 2.19. The van der Waals surface area contributed by atoms with Crippen LogP contribution in [0.1, 0.15) is 43.3 Å². The number of thiophene rings is 1. The predicted octanol–water partition coefficient (Wildman–Crippen LogP) is 3.67. The van der Waals surface area contributed by atoms with Crippen molar-refractivity contribution in [2.24, 2.45) is 0 Å². The smallest absolute Gasteiger partial charge is 0.339 e. The zero-order valence-electron chi connectivity index (χ0n) is 12.3. The lowest BCUT2D eigenvalue weighted by Crippen LogP contribution is -2.14. The van der Waals surface area contributed by atoms with Gasteiger partial charge in [-0.1, -0.05) is 12.1 Å². The Labute approximate surface area is 133 Å². The SMILES string of the molecule is COC(=O)c1ccccc1NC(=O)c1cc2c(s1)CCCC2. The molecule has 114 valence electrons. The molecule has 3 rings (SSSR count). The molecule has 0 atom stereocenters. The zero-order valence-corrected chi connectivity index (χ0v) is 13.2. The molecule has 1 amide bonds. The number of rotatable bonds is 3. The zero-order chi connectivity index (χ0) is 15.5. The van der Waals surface area contributed by atoms with Crippen LogP contribution in [0.15, 0.2) is 30.3 Å². The Morgan fingerprint density at radius 1 is 1.18 bits per heavy atom. The van der Waals surface area contributed by atoms with Crippen LogP contribution in [0, 0.1) is 0 Å². The number of hydrogen-bond acceptors (Lipinski definition) is 4. The third kappa shape index (κ3) is 2.90. The van der Waals surface area contributed by atoms with Crippen molar-refractivity contribution in [1.82, 2.24) is 0 Å². The van der Waals surface area contributed by atoms with E-state index in [1.807, 2.05) is 6.07 Å². The van der Waals surface area contributed by atoms with E-state index < -0.39 is 5.97 Å². The van der Waals surface area contributed by atoms with Gasteiger partial charge in [0.25, 0.3) is 5.91 Å². The Balaban J connectivity index is 1.83. The highest BCUT2D eigenvalue weighted by atomic mass is 32.1. The van der Waals surface area contributed by atoms with Crippen LogP contribution in [-0.4, -0.2) is 19.0 Å². The van der Waals surface area contributed by atoms with E-state index in [2.05, 4.69) is 5.32 Å². The van der Waals surface area contributed by atoms with Gasteiger partial charge in [-0.25, -0.2) is 4.79 Å². The number of aryl methyl sites for hydroxylation is 2. The Bertz CT molecular complexity index is 697. The number of para-hydroxylation sites is 1. The first-order valence-electron chi connectivity index (χ1n) is 7.29. The number of esters is 1. The largest absolute Gasteiger partial charge is 0.465 e. The van der Waals surface area contributed by atoms with Gasteiger partial charge in [-0.15, -0.1) is 11.3 Å². The van der Waals surface area contributed by atoms with E-state index in [1.165, 1.54) is 30.4 Å². The molecular formula is C17H17NO3S. The van der Waals surface area contributed by atoms with Crippen LogP contribution in [0.25, 0.3) is 0 Å². The van der Waals surface area contributed by atoms with Crippen molar-refractivity contribution >= 4 is 28.9 Å². The van der Waals surface area contributed by atoms with Gasteiger partial charge >= 0.3 is 5.97 Å². The Morgan fingerprint density at radius 3 is 2.73 bits per heavy atom. The van der Waals surface area contributed by atoms with E-state index in [9.17, 15) is 9.59 Å². The minimum Gasteiger partial charge on any atom is -0.465 e. The quantitative estimate of drug-likeness (QED) is 0.879. The van der Waals surface area contributed by atoms with Gasteiger partial charge in [0.05, 0.1) is 23.2 Å². The van der Waals surface area contributed by atoms with E-state index in [0.29, 0.717) is 16.1 Å². The van der Waals surface area contributed by atoms with Gasteiger partial charge in [-0.2, -0.15) is 0 Å². The number of nitrogens with one attached hydrogen (secondary N) is 1. The van der Waals surface area contributed by atoms with E-state index in [1.54, 1.807) is 35.6 Å². The van der Waals surface area contributed by atoms with Crippen molar-refractivity contribution < 1.29 is 14.3 Å². The number of anilines is 1. The molecule has 0 saturated heterocycles. The van der Waals surface area contributed by atoms with E-state index in [-0.39, 0.29) is 5.91 Å². The van der Waals surface area contributed by atoms with E-state index in [4.69, 9.17) is 4.74 Å². The molecule has 4 nitrogen and oxygen atoms in total. The van der Waals surface area contributed by atoms with Gasteiger partial charge in [-0.05, 0) is 49.4 Å². The molecule has 0 radical (unpaired) electrons. The molecular weight excluding hydrogens is 298 g/mol. The number of amides is 1. The van der Waals surface area contributed by atoms with Crippen LogP contribution in [0.2, 0.25) is 0 Å². The minimum atomic E-state index is -0.457. The van der Waals surface area contributed by atoms with Gasteiger partial charge in [-0.3, -0.25) is 4.79 Å².